The Kier molecular flexibility index (Phi) is 3.87. The highest BCUT2D eigenvalue weighted by Gasteiger charge is 2.15. The first-order valence-corrected chi connectivity index (χ1v) is 7.18. The number of pyridine rings is 1. The maximum absolute atomic E-state index is 13.7. The van der Waals surface area contributed by atoms with Crippen molar-refractivity contribution in [3.8, 4) is 0 Å². The van der Waals surface area contributed by atoms with Crippen LogP contribution in [-0.4, -0.2) is 19.3 Å². The second-order valence-electron chi connectivity index (χ2n) is 4.08. The fraction of sp³-hybridized carbons (Fsp3) is 0. The number of sulfonamides is 1. The molecule has 1 aromatic heterocycles. The third-order valence-corrected chi connectivity index (χ3v) is 3.49. The predicted octanol–water partition coefficient (Wildman–Crippen LogP) is 0.703. The summed E-state index contributed by atoms with van der Waals surface area (Å²) in [5, 5.41) is 7.34. The normalized spacial score (nSPS) is 11.1. The molecule has 110 valence electrons. The SMILES string of the molecule is Nc1nccc(C(=O)Nc2cccc(S(N)(=O)=O)c2)c1F. The Balaban J connectivity index is 2.30. The molecule has 0 aliphatic heterocycles. The fourth-order valence-electron chi connectivity index (χ4n) is 1.58. The van der Waals surface area contributed by atoms with E-state index in [0.29, 0.717) is 0 Å². The van der Waals surface area contributed by atoms with Gasteiger partial charge in [-0.05, 0) is 24.3 Å². The van der Waals surface area contributed by atoms with Crippen LogP contribution < -0.4 is 16.2 Å². The molecule has 1 heterocycles. The summed E-state index contributed by atoms with van der Waals surface area (Å²) in [6, 6.07) is 6.43. The molecule has 0 saturated heterocycles. The van der Waals surface area contributed by atoms with Crippen LogP contribution in [0.5, 0.6) is 0 Å². The van der Waals surface area contributed by atoms with Gasteiger partial charge < -0.3 is 11.1 Å². The van der Waals surface area contributed by atoms with Crippen LogP contribution in [0.3, 0.4) is 0 Å². The lowest BCUT2D eigenvalue weighted by molar-refractivity contribution is 0.102. The number of amides is 1. The van der Waals surface area contributed by atoms with Gasteiger partial charge >= 0.3 is 0 Å². The van der Waals surface area contributed by atoms with Crippen molar-refractivity contribution in [2.75, 3.05) is 11.1 Å². The lowest BCUT2D eigenvalue weighted by Crippen LogP contribution is -2.16. The van der Waals surface area contributed by atoms with Gasteiger partial charge in [0.05, 0.1) is 10.5 Å². The van der Waals surface area contributed by atoms with E-state index in [4.69, 9.17) is 10.9 Å². The van der Waals surface area contributed by atoms with Crippen molar-refractivity contribution < 1.29 is 17.6 Å². The predicted molar refractivity (Wildman–Crippen MR) is 74.4 cm³/mol. The van der Waals surface area contributed by atoms with Crippen LogP contribution in [0.25, 0.3) is 0 Å². The number of benzene rings is 1. The zero-order valence-electron chi connectivity index (χ0n) is 10.6. The zero-order chi connectivity index (χ0) is 15.6. The lowest BCUT2D eigenvalue weighted by Gasteiger charge is -2.08. The highest BCUT2D eigenvalue weighted by Crippen LogP contribution is 2.17. The minimum Gasteiger partial charge on any atom is -0.381 e. The van der Waals surface area contributed by atoms with E-state index in [1.54, 1.807) is 0 Å². The van der Waals surface area contributed by atoms with Crippen LogP contribution in [0, 0.1) is 5.82 Å². The molecule has 0 aliphatic carbocycles. The van der Waals surface area contributed by atoms with Crippen molar-refractivity contribution in [1.82, 2.24) is 4.98 Å². The molecule has 21 heavy (non-hydrogen) atoms. The molecule has 0 atom stereocenters. The first kappa shape index (κ1) is 14.9. The summed E-state index contributed by atoms with van der Waals surface area (Å²) < 4.78 is 36.1. The van der Waals surface area contributed by atoms with Crippen molar-refractivity contribution in [1.29, 1.82) is 0 Å². The van der Waals surface area contributed by atoms with Crippen LogP contribution in [0.2, 0.25) is 0 Å². The fourth-order valence-corrected chi connectivity index (χ4v) is 2.14. The summed E-state index contributed by atoms with van der Waals surface area (Å²) >= 11 is 0. The van der Waals surface area contributed by atoms with Crippen LogP contribution in [-0.2, 0) is 10.0 Å². The van der Waals surface area contributed by atoms with Crippen molar-refractivity contribution in [3.05, 3.63) is 47.9 Å². The molecule has 2 aromatic rings. The molecule has 1 aromatic carbocycles. The molecule has 0 bridgehead atoms. The first-order valence-electron chi connectivity index (χ1n) is 5.63. The van der Waals surface area contributed by atoms with Crippen molar-refractivity contribution in [3.63, 3.8) is 0 Å². The number of nitrogens with zero attached hydrogens (tertiary/aromatic N) is 1. The van der Waals surface area contributed by atoms with Gasteiger partial charge in [0.25, 0.3) is 5.91 Å². The van der Waals surface area contributed by atoms with Crippen molar-refractivity contribution >= 4 is 27.4 Å². The van der Waals surface area contributed by atoms with E-state index in [1.807, 2.05) is 0 Å². The van der Waals surface area contributed by atoms with Crippen LogP contribution in [0.4, 0.5) is 15.9 Å². The lowest BCUT2D eigenvalue weighted by atomic mass is 10.2. The number of anilines is 2. The highest BCUT2D eigenvalue weighted by atomic mass is 32.2. The van der Waals surface area contributed by atoms with E-state index < -0.39 is 27.6 Å². The van der Waals surface area contributed by atoms with Crippen LogP contribution in [0.1, 0.15) is 10.4 Å². The Morgan fingerprint density at radius 2 is 2.00 bits per heavy atom. The van der Waals surface area contributed by atoms with Crippen LogP contribution >= 0.6 is 0 Å². The van der Waals surface area contributed by atoms with E-state index in [0.717, 1.165) is 12.1 Å². The van der Waals surface area contributed by atoms with E-state index >= 15 is 0 Å². The summed E-state index contributed by atoms with van der Waals surface area (Å²) in [5.41, 5.74) is 5.12. The third kappa shape index (κ3) is 3.33. The molecule has 9 heteroatoms. The number of carbonyl (C=O) groups excluding carboxylic acids is 1. The molecule has 2 rings (SSSR count). The zero-order valence-corrected chi connectivity index (χ0v) is 11.4. The molecule has 0 saturated carbocycles. The minimum absolute atomic E-state index is 0.154. The molecule has 5 N–H and O–H groups in total. The Bertz CT molecular complexity index is 808. The molecule has 0 spiro atoms. The minimum atomic E-state index is -3.90. The average molecular weight is 310 g/mol. The molecule has 0 radical (unpaired) electrons. The Hall–Kier alpha value is -2.52. The number of hydrogen-bond donors (Lipinski definition) is 3. The number of nitrogen functional groups attached to an aromatic ring is 1. The number of aromatic nitrogens is 1. The second-order valence-corrected chi connectivity index (χ2v) is 5.65. The molecular formula is C12H11FN4O3S. The molecule has 7 nitrogen and oxygen atoms in total. The molecule has 0 aliphatic rings. The van der Waals surface area contributed by atoms with Gasteiger partial charge in [0, 0.05) is 11.9 Å². The molecule has 0 unspecified atom stereocenters. The van der Waals surface area contributed by atoms with Gasteiger partial charge in [-0.1, -0.05) is 6.07 Å². The quantitative estimate of drug-likeness (QED) is 0.768. The Morgan fingerprint density at radius 3 is 2.67 bits per heavy atom. The summed E-state index contributed by atoms with van der Waals surface area (Å²) in [4.78, 5) is 15.3. The smallest absolute Gasteiger partial charge is 0.258 e. The maximum atomic E-state index is 13.7. The van der Waals surface area contributed by atoms with Gasteiger partial charge in [0.15, 0.2) is 11.6 Å². The third-order valence-electron chi connectivity index (χ3n) is 2.58. The molecular weight excluding hydrogens is 299 g/mol. The van der Waals surface area contributed by atoms with E-state index in [2.05, 4.69) is 10.3 Å². The van der Waals surface area contributed by atoms with E-state index in [-0.39, 0.29) is 16.1 Å². The number of nitrogens with two attached hydrogens (primary N) is 2. The van der Waals surface area contributed by atoms with Gasteiger partial charge in [-0.25, -0.2) is 22.9 Å². The van der Waals surface area contributed by atoms with E-state index in [9.17, 15) is 17.6 Å². The number of primary sulfonamides is 1. The number of carbonyl (C=O) groups is 1. The standard InChI is InChI=1S/C12H11FN4O3S/c13-10-9(4-5-16-11(10)14)12(18)17-7-2-1-3-8(6-7)21(15,19)20/h1-6H,(H2,14,16)(H,17,18)(H2,15,19,20). The molecule has 1 amide bonds. The second kappa shape index (κ2) is 5.46. The summed E-state index contributed by atoms with van der Waals surface area (Å²) in [6.07, 6.45) is 1.19. The number of nitrogens with one attached hydrogen (secondary N) is 1. The average Bonchev–Trinajstić information content (AvgIpc) is 2.41. The van der Waals surface area contributed by atoms with Gasteiger partial charge in [0.1, 0.15) is 0 Å². The summed E-state index contributed by atoms with van der Waals surface area (Å²) in [7, 11) is -3.90. The van der Waals surface area contributed by atoms with Gasteiger partial charge in [-0.3, -0.25) is 4.79 Å². The van der Waals surface area contributed by atoms with Gasteiger partial charge in [-0.2, -0.15) is 0 Å². The van der Waals surface area contributed by atoms with Gasteiger partial charge in [0.2, 0.25) is 10.0 Å². The van der Waals surface area contributed by atoms with Crippen molar-refractivity contribution in [2.24, 2.45) is 5.14 Å². The van der Waals surface area contributed by atoms with Crippen molar-refractivity contribution in [2.45, 2.75) is 4.90 Å². The van der Waals surface area contributed by atoms with E-state index in [1.165, 1.54) is 24.4 Å². The number of halogens is 1. The highest BCUT2D eigenvalue weighted by molar-refractivity contribution is 7.89. The maximum Gasteiger partial charge on any atom is 0.258 e. The Morgan fingerprint density at radius 1 is 1.29 bits per heavy atom. The largest absolute Gasteiger partial charge is 0.381 e. The Labute approximate surface area is 119 Å². The number of rotatable bonds is 3. The molecule has 0 fully saturated rings. The summed E-state index contributed by atoms with van der Waals surface area (Å²) in [6.45, 7) is 0. The number of hydrogen-bond acceptors (Lipinski definition) is 5. The topological polar surface area (TPSA) is 128 Å². The van der Waals surface area contributed by atoms with Gasteiger partial charge in [-0.15, -0.1) is 0 Å². The first-order chi connectivity index (χ1) is 9.79. The van der Waals surface area contributed by atoms with Crippen LogP contribution in [0.15, 0.2) is 41.4 Å². The monoisotopic (exact) mass is 310 g/mol. The summed E-state index contributed by atoms with van der Waals surface area (Å²) in [5.74, 6) is -2.13.